The van der Waals surface area contributed by atoms with Gasteiger partial charge in [-0.2, -0.15) is 0 Å². The van der Waals surface area contributed by atoms with Crippen molar-refractivity contribution in [1.29, 1.82) is 0 Å². The average Bonchev–Trinajstić information content (AvgIpc) is 2.60. The maximum Gasteiger partial charge on any atom is 0.00931 e. The predicted octanol–water partition coefficient (Wildman–Crippen LogP) is 2.23. The van der Waals surface area contributed by atoms with Crippen LogP contribution in [-0.4, -0.2) is 30.1 Å². The van der Waals surface area contributed by atoms with Crippen LogP contribution in [-0.2, 0) is 0 Å². The molecular formula is C12H26N2. The molecule has 0 bridgehead atoms. The third kappa shape index (κ3) is 3.25. The predicted molar refractivity (Wildman–Crippen MR) is 62.3 cm³/mol. The minimum absolute atomic E-state index is 0.383. The second kappa shape index (κ2) is 5.72. The van der Waals surface area contributed by atoms with Gasteiger partial charge >= 0.3 is 0 Å². The number of likely N-dealkylation sites (tertiary alicyclic amines) is 1. The fraction of sp³-hybridized carbons (Fsp3) is 1.00. The lowest BCUT2D eigenvalue weighted by atomic mass is 10.0. The van der Waals surface area contributed by atoms with E-state index in [4.69, 9.17) is 5.73 Å². The van der Waals surface area contributed by atoms with Crippen LogP contribution in [0, 0.1) is 5.92 Å². The largest absolute Gasteiger partial charge is 0.327 e. The summed E-state index contributed by atoms with van der Waals surface area (Å²) in [5, 5.41) is 0. The van der Waals surface area contributed by atoms with E-state index in [-0.39, 0.29) is 0 Å². The van der Waals surface area contributed by atoms with Gasteiger partial charge in [-0.15, -0.1) is 0 Å². The van der Waals surface area contributed by atoms with Crippen LogP contribution in [0.5, 0.6) is 0 Å². The summed E-state index contributed by atoms with van der Waals surface area (Å²) in [6.07, 6.45) is 5.24. The normalized spacial score (nSPS) is 25.9. The Morgan fingerprint density at radius 3 is 2.71 bits per heavy atom. The number of hydrogen-bond acceptors (Lipinski definition) is 2. The molecule has 14 heavy (non-hydrogen) atoms. The Kier molecular flexibility index (Phi) is 4.90. The second-order valence-corrected chi connectivity index (χ2v) is 4.94. The molecule has 1 rings (SSSR count). The van der Waals surface area contributed by atoms with Crippen molar-refractivity contribution in [2.24, 2.45) is 11.7 Å². The van der Waals surface area contributed by atoms with E-state index in [1.807, 2.05) is 0 Å². The van der Waals surface area contributed by atoms with Crippen LogP contribution in [0.3, 0.4) is 0 Å². The van der Waals surface area contributed by atoms with Crippen molar-refractivity contribution in [3.8, 4) is 0 Å². The summed E-state index contributed by atoms with van der Waals surface area (Å²) >= 11 is 0. The van der Waals surface area contributed by atoms with Crippen molar-refractivity contribution in [2.45, 2.75) is 58.5 Å². The molecule has 84 valence electrons. The van der Waals surface area contributed by atoms with Gasteiger partial charge in [0.1, 0.15) is 0 Å². The first-order chi connectivity index (χ1) is 6.65. The average molecular weight is 198 g/mol. The lowest BCUT2D eigenvalue weighted by Gasteiger charge is -2.25. The highest BCUT2D eigenvalue weighted by Gasteiger charge is 2.22. The van der Waals surface area contributed by atoms with Crippen LogP contribution in [0.1, 0.15) is 46.5 Å². The van der Waals surface area contributed by atoms with Gasteiger partial charge in [-0.25, -0.2) is 0 Å². The zero-order valence-electron chi connectivity index (χ0n) is 10.00. The van der Waals surface area contributed by atoms with E-state index in [9.17, 15) is 0 Å². The van der Waals surface area contributed by atoms with E-state index in [1.165, 1.54) is 32.4 Å². The fourth-order valence-electron chi connectivity index (χ4n) is 2.30. The van der Waals surface area contributed by atoms with Gasteiger partial charge in [0.2, 0.25) is 0 Å². The summed E-state index contributed by atoms with van der Waals surface area (Å²) in [4.78, 5) is 2.63. The quantitative estimate of drug-likeness (QED) is 0.734. The number of nitrogens with zero attached hydrogens (tertiary/aromatic N) is 1. The van der Waals surface area contributed by atoms with Gasteiger partial charge in [0.15, 0.2) is 0 Å². The number of nitrogens with two attached hydrogens (primary N) is 1. The van der Waals surface area contributed by atoms with Crippen LogP contribution in [0.15, 0.2) is 0 Å². The molecule has 0 amide bonds. The van der Waals surface area contributed by atoms with Crippen molar-refractivity contribution >= 4 is 0 Å². The first-order valence-electron chi connectivity index (χ1n) is 6.14. The minimum Gasteiger partial charge on any atom is -0.327 e. The number of hydrogen-bond donors (Lipinski definition) is 1. The van der Waals surface area contributed by atoms with Gasteiger partial charge < -0.3 is 10.6 Å². The Bertz CT molecular complexity index is 156. The summed E-state index contributed by atoms with van der Waals surface area (Å²) in [6.45, 7) is 9.23. The molecule has 0 spiro atoms. The minimum atomic E-state index is 0.383. The summed E-state index contributed by atoms with van der Waals surface area (Å²) in [7, 11) is 0. The van der Waals surface area contributed by atoms with E-state index in [2.05, 4.69) is 25.7 Å². The lowest BCUT2D eigenvalue weighted by molar-refractivity contribution is 0.232. The van der Waals surface area contributed by atoms with Crippen molar-refractivity contribution in [1.82, 2.24) is 4.90 Å². The van der Waals surface area contributed by atoms with Crippen LogP contribution < -0.4 is 5.73 Å². The van der Waals surface area contributed by atoms with E-state index >= 15 is 0 Å². The standard InChI is InChI=1S/C12H26N2/c1-4-11-6-5-8-14(11)9-7-12(13)10(2)3/h10-12H,4-9,13H2,1-3H3. The summed E-state index contributed by atoms with van der Waals surface area (Å²) in [5.74, 6) is 0.623. The van der Waals surface area contributed by atoms with Gasteiger partial charge in [0.25, 0.3) is 0 Å². The van der Waals surface area contributed by atoms with Crippen LogP contribution >= 0.6 is 0 Å². The molecule has 0 aromatic heterocycles. The van der Waals surface area contributed by atoms with Crippen LogP contribution in [0.25, 0.3) is 0 Å². The Labute approximate surface area is 88.8 Å². The van der Waals surface area contributed by atoms with E-state index < -0.39 is 0 Å². The molecule has 0 aromatic carbocycles. The third-order valence-corrected chi connectivity index (χ3v) is 3.58. The molecule has 0 radical (unpaired) electrons. The van der Waals surface area contributed by atoms with Crippen molar-refractivity contribution in [3.63, 3.8) is 0 Å². The van der Waals surface area contributed by atoms with Crippen LogP contribution in [0.4, 0.5) is 0 Å². The molecule has 0 aliphatic carbocycles. The number of rotatable bonds is 5. The fourth-order valence-corrected chi connectivity index (χ4v) is 2.30. The molecule has 0 aromatic rings. The Balaban J connectivity index is 2.23. The first-order valence-corrected chi connectivity index (χ1v) is 6.14. The Hall–Kier alpha value is -0.0800. The zero-order chi connectivity index (χ0) is 10.6. The second-order valence-electron chi connectivity index (χ2n) is 4.94. The van der Waals surface area contributed by atoms with Crippen molar-refractivity contribution < 1.29 is 0 Å². The van der Waals surface area contributed by atoms with Crippen LogP contribution in [0.2, 0.25) is 0 Å². The summed E-state index contributed by atoms with van der Waals surface area (Å²) in [6, 6.07) is 1.22. The van der Waals surface area contributed by atoms with Gasteiger partial charge in [0.05, 0.1) is 0 Å². The molecular weight excluding hydrogens is 172 g/mol. The molecule has 0 saturated carbocycles. The zero-order valence-corrected chi connectivity index (χ0v) is 10.00. The van der Waals surface area contributed by atoms with Gasteiger partial charge in [-0.3, -0.25) is 0 Å². The SMILES string of the molecule is CCC1CCCN1CCC(N)C(C)C. The maximum absolute atomic E-state index is 6.05. The molecule has 2 unspecified atom stereocenters. The van der Waals surface area contributed by atoms with Gasteiger partial charge in [0, 0.05) is 12.1 Å². The molecule has 1 fully saturated rings. The molecule has 2 N–H and O–H groups in total. The Morgan fingerprint density at radius 2 is 2.14 bits per heavy atom. The highest BCUT2D eigenvalue weighted by Crippen LogP contribution is 2.20. The molecule has 1 saturated heterocycles. The van der Waals surface area contributed by atoms with Gasteiger partial charge in [-0.1, -0.05) is 20.8 Å². The van der Waals surface area contributed by atoms with Crippen molar-refractivity contribution in [2.75, 3.05) is 13.1 Å². The van der Waals surface area contributed by atoms with E-state index in [1.54, 1.807) is 0 Å². The maximum atomic E-state index is 6.05. The monoisotopic (exact) mass is 198 g/mol. The molecule has 2 atom stereocenters. The highest BCUT2D eigenvalue weighted by molar-refractivity contribution is 4.79. The van der Waals surface area contributed by atoms with E-state index in [0.29, 0.717) is 12.0 Å². The molecule has 1 aliphatic heterocycles. The summed E-state index contributed by atoms with van der Waals surface area (Å²) < 4.78 is 0. The molecule has 1 heterocycles. The van der Waals surface area contributed by atoms with E-state index in [0.717, 1.165) is 12.5 Å². The smallest absolute Gasteiger partial charge is 0.00931 e. The molecule has 2 heteroatoms. The van der Waals surface area contributed by atoms with Gasteiger partial charge in [-0.05, 0) is 44.7 Å². The topological polar surface area (TPSA) is 29.3 Å². The first kappa shape index (κ1) is 12.0. The molecule has 1 aliphatic rings. The lowest BCUT2D eigenvalue weighted by Crippen LogP contribution is -2.35. The summed E-state index contributed by atoms with van der Waals surface area (Å²) in [5.41, 5.74) is 6.05. The molecule has 2 nitrogen and oxygen atoms in total. The highest BCUT2D eigenvalue weighted by atomic mass is 15.2. The third-order valence-electron chi connectivity index (χ3n) is 3.58. The van der Waals surface area contributed by atoms with Crippen molar-refractivity contribution in [3.05, 3.63) is 0 Å². The Morgan fingerprint density at radius 1 is 1.43 bits per heavy atom.